The highest BCUT2D eigenvalue weighted by atomic mass is 19.2. The smallest absolute Gasteiger partial charge is 0.241 e. The summed E-state index contributed by atoms with van der Waals surface area (Å²) in [5, 5.41) is 5.42. The van der Waals surface area contributed by atoms with E-state index in [1.807, 2.05) is 0 Å². The van der Waals surface area contributed by atoms with Crippen LogP contribution in [0.15, 0.2) is 18.2 Å². The lowest BCUT2D eigenvalue weighted by Crippen LogP contribution is -2.50. The minimum Gasteiger partial charge on any atom is -0.325 e. The van der Waals surface area contributed by atoms with Gasteiger partial charge in [-0.2, -0.15) is 0 Å². The Morgan fingerprint density at radius 2 is 2.13 bits per heavy atom. The number of nitrogens with one attached hydrogen (secondary N) is 2. The molecule has 0 aromatic heterocycles. The standard InChI is InChI=1S/C10H10F2N2O/c11-7-2-1-6(5-8(7)12)14-10(15)9-3-4-13-9/h1-2,5,9,13H,3-4H2,(H,14,15)/t9-/m1/s1. The average Bonchev–Trinajstić information content (AvgIpc) is 2.08. The number of hydrogen-bond acceptors (Lipinski definition) is 2. The minimum atomic E-state index is -0.964. The Balaban J connectivity index is 2.03. The molecule has 0 radical (unpaired) electrons. The molecule has 1 heterocycles. The first kappa shape index (κ1) is 10.0. The summed E-state index contributed by atoms with van der Waals surface area (Å²) in [7, 11) is 0. The van der Waals surface area contributed by atoms with Crippen molar-refractivity contribution in [2.24, 2.45) is 0 Å². The van der Waals surface area contributed by atoms with Crippen LogP contribution in [-0.2, 0) is 4.79 Å². The van der Waals surface area contributed by atoms with Crippen molar-refractivity contribution in [3.05, 3.63) is 29.8 Å². The van der Waals surface area contributed by atoms with Crippen molar-refractivity contribution in [2.45, 2.75) is 12.5 Å². The molecule has 1 aromatic carbocycles. The number of hydrogen-bond donors (Lipinski definition) is 2. The number of benzene rings is 1. The molecule has 80 valence electrons. The van der Waals surface area contributed by atoms with Crippen LogP contribution >= 0.6 is 0 Å². The van der Waals surface area contributed by atoms with Crippen LogP contribution in [0.1, 0.15) is 6.42 Å². The zero-order valence-corrected chi connectivity index (χ0v) is 7.89. The van der Waals surface area contributed by atoms with Crippen molar-refractivity contribution < 1.29 is 13.6 Å². The predicted octanol–water partition coefficient (Wildman–Crippen LogP) is 1.27. The van der Waals surface area contributed by atoms with Crippen molar-refractivity contribution in [2.75, 3.05) is 11.9 Å². The lowest BCUT2D eigenvalue weighted by atomic mass is 10.1. The maximum atomic E-state index is 12.8. The number of rotatable bonds is 2. The lowest BCUT2D eigenvalue weighted by Gasteiger charge is -2.26. The molecule has 0 unspecified atom stereocenters. The van der Waals surface area contributed by atoms with Crippen LogP contribution in [0.3, 0.4) is 0 Å². The van der Waals surface area contributed by atoms with E-state index < -0.39 is 11.6 Å². The summed E-state index contributed by atoms with van der Waals surface area (Å²) in [5.74, 6) is -2.10. The van der Waals surface area contributed by atoms with Gasteiger partial charge in [0.25, 0.3) is 0 Å². The van der Waals surface area contributed by atoms with E-state index >= 15 is 0 Å². The lowest BCUT2D eigenvalue weighted by molar-refractivity contribution is -0.119. The molecule has 1 fully saturated rings. The Morgan fingerprint density at radius 3 is 2.67 bits per heavy atom. The van der Waals surface area contributed by atoms with E-state index in [0.29, 0.717) is 0 Å². The Morgan fingerprint density at radius 1 is 1.40 bits per heavy atom. The normalized spacial score (nSPS) is 19.5. The van der Waals surface area contributed by atoms with Crippen molar-refractivity contribution >= 4 is 11.6 Å². The summed E-state index contributed by atoms with van der Waals surface area (Å²) < 4.78 is 25.4. The zero-order valence-electron chi connectivity index (χ0n) is 7.89. The third-order valence-corrected chi connectivity index (χ3v) is 2.33. The maximum absolute atomic E-state index is 12.8. The quantitative estimate of drug-likeness (QED) is 0.775. The second-order valence-corrected chi connectivity index (χ2v) is 3.41. The Bertz CT molecular complexity index is 391. The van der Waals surface area contributed by atoms with E-state index in [9.17, 15) is 13.6 Å². The molecule has 1 saturated heterocycles. The van der Waals surface area contributed by atoms with Crippen LogP contribution in [0.2, 0.25) is 0 Å². The van der Waals surface area contributed by atoms with Crippen molar-refractivity contribution in [1.29, 1.82) is 0 Å². The second kappa shape index (κ2) is 3.94. The maximum Gasteiger partial charge on any atom is 0.241 e. The van der Waals surface area contributed by atoms with E-state index in [4.69, 9.17) is 0 Å². The third-order valence-electron chi connectivity index (χ3n) is 2.33. The topological polar surface area (TPSA) is 41.1 Å². The second-order valence-electron chi connectivity index (χ2n) is 3.41. The van der Waals surface area contributed by atoms with Crippen molar-refractivity contribution in [1.82, 2.24) is 5.32 Å². The van der Waals surface area contributed by atoms with Gasteiger partial charge in [-0.25, -0.2) is 8.78 Å². The number of anilines is 1. The summed E-state index contributed by atoms with van der Waals surface area (Å²) in [4.78, 5) is 11.4. The molecular weight excluding hydrogens is 202 g/mol. The van der Waals surface area contributed by atoms with E-state index in [0.717, 1.165) is 25.1 Å². The largest absolute Gasteiger partial charge is 0.325 e. The third kappa shape index (κ3) is 2.12. The molecule has 1 aliphatic heterocycles. The van der Waals surface area contributed by atoms with Gasteiger partial charge >= 0.3 is 0 Å². The van der Waals surface area contributed by atoms with Gasteiger partial charge in [0.1, 0.15) is 0 Å². The fraction of sp³-hybridized carbons (Fsp3) is 0.300. The highest BCUT2D eigenvalue weighted by Crippen LogP contribution is 2.14. The van der Waals surface area contributed by atoms with E-state index in [-0.39, 0.29) is 17.6 Å². The molecule has 15 heavy (non-hydrogen) atoms. The molecule has 0 aliphatic carbocycles. The van der Waals surface area contributed by atoms with Crippen LogP contribution in [0, 0.1) is 11.6 Å². The number of halogens is 2. The molecule has 5 heteroatoms. The summed E-state index contributed by atoms with van der Waals surface area (Å²) in [6, 6.07) is 3.07. The zero-order chi connectivity index (χ0) is 10.8. The molecule has 3 nitrogen and oxygen atoms in total. The molecule has 0 bridgehead atoms. The molecule has 2 N–H and O–H groups in total. The van der Waals surface area contributed by atoms with Gasteiger partial charge in [-0.1, -0.05) is 0 Å². The molecule has 0 spiro atoms. The van der Waals surface area contributed by atoms with Crippen molar-refractivity contribution in [3.8, 4) is 0 Å². The fourth-order valence-electron chi connectivity index (χ4n) is 1.32. The highest BCUT2D eigenvalue weighted by Gasteiger charge is 2.24. The first-order chi connectivity index (χ1) is 7.16. The van der Waals surface area contributed by atoms with Gasteiger partial charge < -0.3 is 10.6 Å². The Labute approximate surface area is 85.5 Å². The molecule has 1 atom stereocenters. The van der Waals surface area contributed by atoms with E-state index in [1.165, 1.54) is 6.07 Å². The summed E-state index contributed by atoms with van der Waals surface area (Å²) >= 11 is 0. The summed E-state index contributed by atoms with van der Waals surface area (Å²) in [6.07, 6.45) is 0.773. The number of amides is 1. The van der Waals surface area contributed by atoms with Gasteiger partial charge in [-0.3, -0.25) is 4.79 Å². The monoisotopic (exact) mass is 212 g/mol. The molecule has 0 saturated carbocycles. The van der Waals surface area contributed by atoms with Gasteiger partial charge in [0.15, 0.2) is 11.6 Å². The van der Waals surface area contributed by atoms with E-state index in [1.54, 1.807) is 0 Å². The van der Waals surface area contributed by atoms with Crippen LogP contribution in [0.25, 0.3) is 0 Å². The van der Waals surface area contributed by atoms with Crippen LogP contribution in [0.5, 0.6) is 0 Å². The predicted molar refractivity (Wildman–Crippen MR) is 51.4 cm³/mol. The number of carbonyl (C=O) groups excluding carboxylic acids is 1. The van der Waals surface area contributed by atoms with Gasteiger partial charge in [-0.15, -0.1) is 0 Å². The molecule has 1 aromatic rings. The van der Waals surface area contributed by atoms with Crippen molar-refractivity contribution in [3.63, 3.8) is 0 Å². The first-order valence-electron chi connectivity index (χ1n) is 4.66. The molecule has 1 amide bonds. The Kier molecular flexibility index (Phi) is 2.64. The van der Waals surface area contributed by atoms with Crippen LogP contribution in [-0.4, -0.2) is 18.5 Å². The average molecular weight is 212 g/mol. The van der Waals surface area contributed by atoms with Gasteiger partial charge in [0.2, 0.25) is 5.91 Å². The van der Waals surface area contributed by atoms with Gasteiger partial charge in [0.05, 0.1) is 6.04 Å². The van der Waals surface area contributed by atoms with Gasteiger partial charge in [-0.05, 0) is 25.1 Å². The summed E-state index contributed by atoms with van der Waals surface area (Å²) in [5.41, 5.74) is 0.271. The molecule has 1 aliphatic rings. The van der Waals surface area contributed by atoms with Crippen LogP contribution < -0.4 is 10.6 Å². The first-order valence-corrected chi connectivity index (χ1v) is 4.66. The summed E-state index contributed by atoms with van der Waals surface area (Å²) in [6.45, 7) is 0.815. The van der Waals surface area contributed by atoms with E-state index in [2.05, 4.69) is 10.6 Å². The minimum absolute atomic E-state index is 0.210. The van der Waals surface area contributed by atoms with Gasteiger partial charge in [0, 0.05) is 11.8 Å². The fourth-order valence-corrected chi connectivity index (χ4v) is 1.32. The SMILES string of the molecule is O=C(Nc1ccc(F)c(F)c1)[C@H]1CCN1. The van der Waals surface area contributed by atoms with Crippen LogP contribution in [0.4, 0.5) is 14.5 Å². The number of carbonyl (C=O) groups is 1. The Hall–Kier alpha value is -1.49. The highest BCUT2D eigenvalue weighted by molar-refractivity contribution is 5.95. The molecule has 2 rings (SSSR count). The molecular formula is C10H10F2N2O.